The van der Waals surface area contributed by atoms with Crippen molar-refractivity contribution >= 4 is 17.8 Å². The fourth-order valence-electron chi connectivity index (χ4n) is 5.55. The first kappa shape index (κ1) is 19.1. The number of aliphatic hydroxyl groups excluding tert-OH is 1. The molecule has 160 valence electrons. The standard InChI is InChI=1S/C20H28N8O2/c21-8-13-15-20(27-18(22)26-15)16(29)14(9-28(20)19(23)25-13)24-17(30)12-7-3-5-10-4-1-2-6-11(10)12/h3,5,7,13-16,29H,1-2,4,6,8-9,21H2,(H2,23,25)(H,24,30)(H3,22,26,27)/p+1/t13-,14+,15-,16+,20-/m0/s1. The zero-order chi connectivity index (χ0) is 21.0. The number of guanidine groups is 2. The maximum absolute atomic E-state index is 13.2. The van der Waals surface area contributed by atoms with E-state index in [2.05, 4.69) is 26.7 Å². The quantitative estimate of drug-likeness (QED) is 0.265. The molecule has 10 N–H and O–H groups in total. The summed E-state index contributed by atoms with van der Waals surface area (Å²) in [5, 5.41) is 17.5. The SMILES string of the molecule is NC[C@@H]1N=C(N)N2C[C@@H](NC(=O)c3cccc4c3CCCC4)[C@@H](O)[C@@]23NC(N)=[NH+][C@@H]13. The highest BCUT2D eigenvalue weighted by atomic mass is 16.3. The first-order valence-corrected chi connectivity index (χ1v) is 10.5. The number of rotatable bonds is 3. The van der Waals surface area contributed by atoms with Crippen LogP contribution in [0.3, 0.4) is 0 Å². The molecule has 1 amide bonds. The number of nitrogens with zero attached hydrogens (tertiary/aromatic N) is 2. The van der Waals surface area contributed by atoms with E-state index in [4.69, 9.17) is 17.2 Å². The fourth-order valence-corrected chi connectivity index (χ4v) is 5.55. The molecule has 3 heterocycles. The molecule has 0 aromatic heterocycles. The summed E-state index contributed by atoms with van der Waals surface area (Å²) in [7, 11) is 0. The van der Waals surface area contributed by atoms with Gasteiger partial charge in [0.15, 0.2) is 12.0 Å². The monoisotopic (exact) mass is 413 g/mol. The summed E-state index contributed by atoms with van der Waals surface area (Å²) >= 11 is 0. The lowest BCUT2D eigenvalue weighted by molar-refractivity contribution is -0.513. The first-order valence-electron chi connectivity index (χ1n) is 10.5. The molecule has 0 unspecified atom stereocenters. The van der Waals surface area contributed by atoms with Crippen molar-refractivity contribution in [1.82, 2.24) is 15.5 Å². The minimum atomic E-state index is -1.01. The molecule has 3 aliphatic heterocycles. The number of hydrogen-bond donors (Lipinski definition) is 7. The number of amides is 1. The van der Waals surface area contributed by atoms with Crippen molar-refractivity contribution in [2.45, 2.75) is 55.6 Å². The molecular formula is C20H29N8O2+. The average Bonchev–Trinajstić information content (AvgIpc) is 3.24. The lowest BCUT2D eigenvalue weighted by Crippen LogP contribution is -2.88. The molecule has 4 aliphatic rings. The van der Waals surface area contributed by atoms with E-state index in [1.165, 1.54) is 5.56 Å². The second kappa shape index (κ2) is 6.85. The summed E-state index contributed by atoms with van der Waals surface area (Å²) in [4.78, 5) is 22.6. The largest absolute Gasteiger partial charge is 0.385 e. The van der Waals surface area contributed by atoms with Gasteiger partial charge in [0.05, 0.1) is 6.04 Å². The lowest BCUT2D eigenvalue weighted by atomic mass is 9.87. The normalized spacial score (nSPS) is 34.3. The zero-order valence-corrected chi connectivity index (χ0v) is 16.8. The Kier molecular flexibility index (Phi) is 4.37. The number of hydrogen-bond acceptors (Lipinski definition) is 8. The zero-order valence-electron chi connectivity index (χ0n) is 16.8. The number of benzene rings is 1. The second-order valence-corrected chi connectivity index (χ2v) is 8.56. The Labute approximate surface area is 174 Å². The third kappa shape index (κ3) is 2.60. The molecule has 0 bridgehead atoms. The number of aliphatic hydroxyl groups is 1. The van der Waals surface area contributed by atoms with E-state index in [-0.39, 0.29) is 30.5 Å². The van der Waals surface area contributed by atoms with Gasteiger partial charge in [-0.25, -0.2) is 10.3 Å². The van der Waals surface area contributed by atoms with E-state index in [1.54, 1.807) is 4.90 Å². The smallest absolute Gasteiger partial charge is 0.343 e. The van der Waals surface area contributed by atoms with Crippen LogP contribution in [0.1, 0.15) is 34.3 Å². The molecule has 10 nitrogen and oxygen atoms in total. The number of carbonyl (C=O) groups excluding carboxylic acids is 1. The minimum Gasteiger partial charge on any atom is -0.385 e. The Balaban J connectivity index is 1.43. The van der Waals surface area contributed by atoms with Gasteiger partial charge in [-0.2, -0.15) is 0 Å². The van der Waals surface area contributed by atoms with Crippen LogP contribution in [0.2, 0.25) is 0 Å². The molecule has 1 aromatic carbocycles. The highest BCUT2D eigenvalue weighted by Crippen LogP contribution is 2.35. The number of aryl methyl sites for hydroxylation is 1. The highest BCUT2D eigenvalue weighted by molar-refractivity contribution is 5.96. The van der Waals surface area contributed by atoms with Gasteiger partial charge < -0.3 is 26.8 Å². The molecule has 5 rings (SSSR count). The van der Waals surface area contributed by atoms with Crippen LogP contribution in [-0.4, -0.2) is 70.8 Å². The predicted octanol–water partition coefficient (Wildman–Crippen LogP) is -3.94. The summed E-state index contributed by atoms with van der Waals surface area (Å²) in [5.74, 6) is 0.425. The summed E-state index contributed by atoms with van der Waals surface area (Å²) in [6.07, 6.45) is 3.16. The van der Waals surface area contributed by atoms with E-state index in [0.717, 1.165) is 31.2 Å². The third-order valence-electron chi connectivity index (χ3n) is 6.94. The van der Waals surface area contributed by atoms with Crippen LogP contribution < -0.4 is 32.8 Å². The van der Waals surface area contributed by atoms with Crippen LogP contribution in [0.25, 0.3) is 0 Å². The maximum Gasteiger partial charge on any atom is 0.343 e. The van der Waals surface area contributed by atoms with Gasteiger partial charge in [0.1, 0.15) is 12.1 Å². The van der Waals surface area contributed by atoms with Gasteiger partial charge in [0.2, 0.25) is 5.66 Å². The van der Waals surface area contributed by atoms with Crippen LogP contribution in [0, 0.1) is 0 Å². The van der Waals surface area contributed by atoms with E-state index >= 15 is 0 Å². The molecule has 10 heteroatoms. The van der Waals surface area contributed by atoms with Gasteiger partial charge in [-0.05, 0) is 42.9 Å². The summed E-state index contributed by atoms with van der Waals surface area (Å²) in [6, 6.07) is 4.62. The van der Waals surface area contributed by atoms with Gasteiger partial charge in [0, 0.05) is 18.7 Å². The molecule has 1 saturated heterocycles. The third-order valence-corrected chi connectivity index (χ3v) is 6.94. The lowest BCUT2D eigenvalue weighted by Gasteiger charge is -2.43. The van der Waals surface area contributed by atoms with E-state index in [0.29, 0.717) is 18.1 Å². The fraction of sp³-hybridized carbons (Fsp3) is 0.550. The molecule has 1 aliphatic carbocycles. The van der Waals surface area contributed by atoms with Gasteiger partial charge >= 0.3 is 5.96 Å². The van der Waals surface area contributed by atoms with Gasteiger partial charge in [0.25, 0.3) is 5.91 Å². The Hall–Kier alpha value is -2.85. The van der Waals surface area contributed by atoms with Crippen LogP contribution in [-0.2, 0) is 12.8 Å². The van der Waals surface area contributed by atoms with Gasteiger partial charge in [-0.3, -0.25) is 15.5 Å². The summed E-state index contributed by atoms with van der Waals surface area (Å²) in [6.45, 7) is 0.565. The van der Waals surface area contributed by atoms with Crippen molar-refractivity contribution in [2.75, 3.05) is 13.1 Å². The van der Waals surface area contributed by atoms with E-state index in [9.17, 15) is 9.90 Å². The predicted molar refractivity (Wildman–Crippen MR) is 111 cm³/mol. The Bertz CT molecular complexity index is 947. The van der Waals surface area contributed by atoms with Crippen LogP contribution in [0.5, 0.6) is 0 Å². The van der Waals surface area contributed by atoms with Crippen molar-refractivity contribution < 1.29 is 14.9 Å². The van der Waals surface area contributed by atoms with Gasteiger partial charge in [-0.15, -0.1) is 0 Å². The molecule has 1 aromatic rings. The molecule has 5 atom stereocenters. The van der Waals surface area contributed by atoms with Crippen molar-refractivity contribution in [1.29, 1.82) is 0 Å². The van der Waals surface area contributed by atoms with E-state index in [1.807, 2.05) is 12.1 Å². The highest BCUT2D eigenvalue weighted by Gasteiger charge is 2.68. The molecule has 30 heavy (non-hydrogen) atoms. The van der Waals surface area contributed by atoms with Crippen LogP contribution in [0.15, 0.2) is 23.2 Å². The molecule has 0 saturated carbocycles. The van der Waals surface area contributed by atoms with Crippen molar-refractivity contribution in [2.24, 2.45) is 22.2 Å². The number of nitrogens with two attached hydrogens (primary N) is 3. The van der Waals surface area contributed by atoms with Crippen LogP contribution >= 0.6 is 0 Å². The van der Waals surface area contributed by atoms with Crippen molar-refractivity contribution in [3.8, 4) is 0 Å². The average molecular weight is 414 g/mol. The topological polar surface area (TPSA) is 169 Å². The second-order valence-electron chi connectivity index (χ2n) is 8.56. The summed E-state index contributed by atoms with van der Waals surface area (Å²) < 4.78 is 0. The Morgan fingerprint density at radius 2 is 2.17 bits per heavy atom. The number of nitrogens with one attached hydrogen (secondary N) is 3. The molecule has 0 radical (unpaired) electrons. The number of fused-ring (bicyclic) bond motifs is 1. The van der Waals surface area contributed by atoms with Gasteiger partial charge in [-0.1, -0.05) is 12.1 Å². The molecular weight excluding hydrogens is 384 g/mol. The minimum absolute atomic E-state index is 0.181. The van der Waals surface area contributed by atoms with Crippen molar-refractivity contribution in [3.63, 3.8) is 0 Å². The summed E-state index contributed by atoms with van der Waals surface area (Å²) in [5.41, 5.74) is 20.2. The first-order chi connectivity index (χ1) is 14.5. The Morgan fingerprint density at radius 3 is 2.97 bits per heavy atom. The number of carbonyl (C=O) groups is 1. The molecule has 1 spiro atoms. The molecule has 1 fully saturated rings. The number of aliphatic imine (C=N–C) groups is 1. The van der Waals surface area contributed by atoms with E-state index < -0.39 is 17.8 Å². The van der Waals surface area contributed by atoms with Crippen molar-refractivity contribution in [3.05, 3.63) is 34.9 Å². The maximum atomic E-state index is 13.2. The Morgan fingerprint density at radius 1 is 1.37 bits per heavy atom. The van der Waals surface area contributed by atoms with Crippen LogP contribution in [0.4, 0.5) is 0 Å².